The summed E-state index contributed by atoms with van der Waals surface area (Å²) in [5.41, 5.74) is 1.36. The molecule has 0 saturated carbocycles. The molecule has 0 aliphatic rings. The van der Waals surface area contributed by atoms with Gasteiger partial charge in [-0.05, 0) is 42.0 Å². The highest BCUT2D eigenvalue weighted by Crippen LogP contribution is 2.24. The van der Waals surface area contributed by atoms with E-state index in [0.717, 1.165) is 11.3 Å². The van der Waals surface area contributed by atoms with E-state index in [-0.39, 0.29) is 13.2 Å². The van der Waals surface area contributed by atoms with Crippen LogP contribution < -0.4 is 4.74 Å². The summed E-state index contributed by atoms with van der Waals surface area (Å²) in [7, 11) is 1.59. The van der Waals surface area contributed by atoms with Crippen LogP contribution in [0.1, 0.15) is 11.1 Å². The Morgan fingerprint density at radius 3 is 2.42 bits per heavy atom. The summed E-state index contributed by atoms with van der Waals surface area (Å²) in [5.74, 6) is 0.174. The zero-order chi connectivity index (χ0) is 17.4. The summed E-state index contributed by atoms with van der Waals surface area (Å²) in [6, 6.07) is 12.3. The predicted molar refractivity (Wildman–Crippen MR) is 92.8 cm³/mol. The monoisotopic (exact) mass is 367 g/mol. The lowest BCUT2D eigenvalue weighted by molar-refractivity contribution is -0.150. The molecule has 0 aliphatic carbocycles. The topological polar surface area (TPSA) is 57.1 Å². The molecule has 7 heteroatoms. The van der Waals surface area contributed by atoms with Gasteiger partial charge in [-0.3, -0.25) is 0 Å². The van der Waals surface area contributed by atoms with E-state index >= 15 is 0 Å². The Kier molecular flexibility index (Phi) is 6.90. The van der Waals surface area contributed by atoms with Gasteiger partial charge in [0.2, 0.25) is 6.61 Å². The Hall–Kier alpha value is -2.24. The standard InChI is InChI=1S/C17H15Cl2NO4/c1-22-13-7-5-12(6-8-13)9-20-24-11-17(21)23-10-14-15(18)3-2-4-16(14)19/h2-9H,10-11H2,1H3/b20-9-. The van der Waals surface area contributed by atoms with Crippen LogP contribution in [-0.2, 0) is 21.0 Å². The van der Waals surface area contributed by atoms with Gasteiger partial charge in [-0.2, -0.15) is 0 Å². The first-order valence-electron chi connectivity index (χ1n) is 6.98. The molecule has 0 aliphatic heterocycles. The van der Waals surface area contributed by atoms with Crippen molar-refractivity contribution in [3.05, 3.63) is 63.6 Å². The van der Waals surface area contributed by atoms with Gasteiger partial charge in [0.1, 0.15) is 12.4 Å². The number of methoxy groups -OCH3 is 1. The summed E-state index contributed by atoms with van der Waals surface area (Å²) in [5, 5.41) is 4.59. The van der Waals surface area contributed by atoms with Gasteiger partial charge in [0.15, 0.2) is 0 Å². The highest BCUT2D eigenvalue weighted by molar-refractivity contribution is 6.35. The Balaban J connectivity index is 1.75. The lowest BCUT2D eigenvalue weighted by atomic mass is 10.2. The van der Waals surface area contributed by atoms with Crippen LogP contribution in [-0.4, -0.2) is 25.9 Å². The molecule has 24 heavy (non-hydrogen) atoms. The minimum atomic E-state index is -0.571. The average molecular weight is 368 g/mol. The van der Waals surface area contributed by atoms with Gasteiger partial charge in [0.05, 0.1) is 13.3 Å². The molecule has 2 rings (SSSR count). The van der Waals surface area contributed by atoms with Crippen LogP contribution in [0.4, 0.5) is 0 Å². The molecule has 0 amide bonds. The molecule has 0 saturated heterocycles. The van der Waals surface area contributed by atoms with Crippen LogP contribution in [0.3, 0.4) is 0 Å². The molecule has 0 unspecified atom stereocenters. The van der Waals surface area contributed by atoms with Crippen molar-refractivity contribution in [1.82, 2.24) is 0 Å². The molecule has 0 aromatic heterocycles. The van der Waals surface area contributed by atoms with Crippen molar-refractivity contribution in [3.8, 4) is 5.75 Å². The van der Waals surface area contributed by atoms with Crippen molar-refractivity contribution in [2.75, 3.05) is 13.7 Å². The summed E-state index contributed by atoms with van der Waals surface area (Å²) >= 11 is 12.0. The number of rotatable bonds is 7. The zero-order valence-corrected chi connectivity index (χ0v) is 14.4. The lowest BCUT2D eigenvalue weighted by Gasteiger charge is -2.07. The SMILES string of the molecule is COc1ccc(/C=N\OCC(=O)OCc2c(Cl)cccc2Cl)cc1. The molecule has 0 N–H and O–H groups in total. The van der Waals surface area contributed by atoms with Crippen molar-refractivity contribution in [1.29, 1.82) is 0 Å². The van der Waals surface area contributed by atoms with Crippen molar-refractivity contribution in [2.24, 2.45) is 5.16 Å². The second-order valence-corrected chi connectivity index (χ2v) is 5.46. The number of carbonyl (C=O) groups is 1. The number of nitrogens with zero attached hydrogens (tertiary/aromatic N) is 1. The fourth-order valence-electron chi connectivity index (χ4n) is 1.74. The molecule has 0 radical (unpaired) electrons. The van der Waals surface area contributed by atoms with Gasteiger partial charge in [0, 0.05) is 15.6 Å². The maximum Gasteiger partial charge on any atom is 0.347 e. The quantitative estimate of drug-likeness (QED) is 0.420. The molecule has 0 heterocycles. The number of hydrogen-bond donors (Lipinski definition) is 0. The Labute approximate surface area is 149 Å². The molecule has 126 valence electrons. The van der Waals surface area contributed by atoms with Crippen LogP contribution in [0.25, 0.3) is 0 Å². The molecule has 5 nitrogen and oxygen atoms in total. The average Bonchev–Trinajstić information content (AvgIpc) is 2.59. The molecule has 0 atom stereocenters. The van der Waals surface area contributed by atoms with Gasteiger partial charge in [-0.25, -0.2) is 4.79 Å². The molecule has 0 fully saturated rings. The van der Waals surface area contributed by atoms with E-state index in [2.05, 4.69) is 5.16 Å². The highest BCUT2D eigenvalue weighted by Gasteiger charge is 2.09. The van der Waals surface area contributed by atoms with Gasteiger partial charge in [-0.15, -0.1) is 0 Å². The maximum absolute atomic E-state index is 11.6. The number of ether oxygens (including phenoxy) is 2. The van der Waals surface area contributed by atoms with E-state index in [1.807, 2.05) is 12.1 Å². The minimum absolute atomic E-state index is 0.0249. The van der Waals surface area contributed by atoms with Crippen molar-refractivity contribution in [3.63, 3.8) is 0 Å². The fourth-order valence-corrected chi connectivity index (χ4v) is 2.25. The summed E-state index contributed by atoms with van der Waals surface area (Å²) in [4.78, 5) is 16.5. The Bertz CT molecular complexity index is 697. The van der Waals surface area contributed by atoms with Crippen molar-refractivity contribution in [2.45, 2.75) is 6.61 Å². The third-order valence-corrected chi connectivity index (χ3v) is 3.72. The fraction of sp³-hybridized carbons (Fsp3) is 0.176. The van der Waals surface area contributed by atoms with E-state index in [9.17, 15) is 4.79 Å². The number of esters is 1. The van der Waals surface area contributed by atoms with Crippen LogP contribution in [0.15, 0.2) is 47.6 Å². The van der Waals surface area contributed by atoms with E-state index < -0.39 is 5.97 Å². The van der Waals surface area contributed by atoms with Gasteiger partial charge in [-0.1, -0.05) is 34.4 Å². The van der Waals surface area contributed by atoms with E-state index in [1.54, 1.807) is 37.4 Å². The molecule has 2 aromatic carbocycles. The summed E-state index contributed by atoms with van der Waals surface area (Å²) < 4.78 is 10.1. The Morgan fingerprint density at radius 1 is 1.12 bits per heavy atom. The van der Waals surface area contributed by atoms with Gasteiger partial charge < -0.3 is 14.3 Å². The first-order chi connectivity index (χ1) is 11.6. The first-order valence-corrected chi connectivity index (χ1v) is 7.73. The number of oxime groups is 1. The zero-order valence-electron chi connectivity index (χ0n) is 12.9. The van der Waals surface area contributed by atoms with E-state index in [1.165, 1.54) is 6.21 Å². The van der Waals surface area contributed by atoms with Gasteiger partial charge >= 0.3 is 5.97 Å². The second kappa shape index (κ2) is 9.15. The molecular formula is C17H15Cl2NO4. The number of hydrogen-bond acceptors (Lipinski definition) is 5. The summed E-state index contributed by atoms with van der Waals surface area (Å²) in [6.07, 6.45) is 1.48. The van der Waals surface area contributed by atoms with Crippen LogP contribution in [0.5, 0.6) is 5.75 Å². The van der Waals surface area contributed by atoms with Crippen LogP contribution in [0.2, 0.25) is 10.0 Å². The maximum atomic E-state index is 11.6. The number of carbonyl (C=O) groups excluding carboxylic acids is 1. The van der Waals surface area contributed by atoms with Crippen molar-refractivity contribution < 1.29 is 19.1 Å². The van der Waals surface area contributed by atoms with Gasteiger partial charge in [0.25, 0.3) is 0 Å². The Morgan fingerprint density at radius 2 is 1.79 bits per heavy atom. The normalized spacial score (nSPS) is 10.6. The van der Waals surface area contributed by atoms with Crippen LogP contribution >= 0.6 is 23.2 Å². The first kappa shape index (κ1) is 18.1. The third kappa shape index (κ3) is 5.44. The molecule has 2 aromatic rings. The summed E-state index contributed by atoms with van der Waals surface area (Å²) in [6.45, 7) is -0.336. The minimum Gasteiger partial charge on any atom is -0.497 e. The molecule has 0 bridgehead atoms. The third-order valence-electron chi connectivity index (χ3n) is 3.01. The number of benzene rings is 2. The largest absolute Gasteiger partial charge is 0.497 e. The van der Waals surface area contributed by atoms with Crippen molar-refractivity contribution >= 4 is 35.4 Å². The van der Waals surface area contributed by atoms with E-state index in [4.69, 9.17) is 37.5 Å². The van der Waals surface area contributed by atoms with Crippen LogP contribution in [0, 0.1) is 0 Å². The predicted octanol–water partition coefficient (Wildman–Crippen LogP) is 4.10. The molecule has 0 spiro atoms. The lowest BCUT2D eigenvalue weighted by Crippen LogP contribution is -2.11. The molecular weight excluding hydrogens is 353 g/mol. The second-order valence-electron chi connectivity index (χ2n) is 4.64. The highest BCUT2D eigenvalue weighted by atomic mass is 35.5. The smallest absolute Gasteiger partial charge is 0.347 e. The number of halogens is 2. The van der Waals surface area contributed by atoms with E-state index in [0.29, 0.717) is 15.6 Å².